The Morgan fingerprint density at radius 2 is 1.79 bits per heavy atom. The molecule has 0 aliphatic rings. The maximum Gasteiger partial charge on any atom is 0.331 e. The second kappa shape index (κ2) is 8.21. The molecule has 146 valence electrons. The minimum Gasteiger partial charge on any atom is -0.350 e. The van der Waals surface area contributed by atoms with Crippen LogP contribution in [0.4, 0.5) is 4.39 Å². The number of fused-ring (bicyclic) bond motifs is 1. The SMILES string of the molecule is CCCn1c(=O)c2cc(C)ccc2n(CC(=O)NCc2ccc(F)cc2)c1=O. The lowest BCUT2D eigenvalue weighted by molar-refractivity contribution is -0.121. The summed E-state index contributed by atoms with van der Waals surface area (Å²) >= 11 is 0. The zero-order chi connectivity index (χ0) is 20.3. The maximum absolute atomic E-state index is 13.0. The van der Waals surface area contributed by atoms with E-state index in [0.29, 0.717) is 23.9 Å². The van der Waals surface area contributed by atoms with Crippen LogP contribution in [0.3, 0.4) is 0 Å². The van der Waals surface area contributed by atoms with E-state index in [1.807, 2.05) is 13.8 Å². The fraction of sp³-hybridized carbons (Fsp3) is 0.286. The molecule has 0 radical (unpaired) electrons. The number of amides is 1. The molecule has 0 aliphatic carbocycles. The summed E-state index contributed by atoms with van der Waals surface area (Å²) < 4.78 is 15.5. The van der Waals surface area contributed by atoms with Gasteiger partial charge in [0.05, 0.1) is 10.9 Å². The van der Waals surface area contributed by atoms with E-state index in [-0.39, 0.29) is 30.4 Å². The number of carbonyl (C=O) groups is 1. The molecule has 1 aromatic heterocycles. The lowest BCUT2D eigenvalue weighted by Gasteiger charge is -2.14. The van der Waals surface area contributed by atoms with Crippen molar-refractivity contribution in [3.8, 4) is 0 Å². The van der Waals surface area contributed by atoms with Crippen molar-refractivity contribution in [2.75, 3.05) is 0 Å². The van der Waals surface area contributed by atoms with Crippen LogP contribution >= 0.6 is 0 Å². The molecule has 0 aliphatic heterocycles. The fourth-order valence-corrected chi connectivity index (χ4v) is 3.11. The minimum absolute atomic E-state index is 0.205. The highest BCUT2D eigenvalue weighted by Crippen LogP contribution is 2.11. The molecule has 0 saturated heterocycles. The van der Waals surface area contributed by atoms with Crippen molar-refractivity contribution in [1.82, 2.24) is 14.5 Å². The Morgan fingerprint density at radius 3 is 2.46 bits per heavy atom. The molecule has 3 aromatic rings. The smallest absolute Gasteiger partial charge is 0.331 e. The Morgan fingerprint density at radius 1 is 1.07 bits per heavy atom. The van der Waals surface area contributed by atoms with Crippen LogP contribution in [0.1, 0.15) is 24.5 Å². The van der Waals surface area contributed by atoms with Crippen molar-refractivity contribution in [1.29, 1.82) is 0 Å². The van der Waals surface area contributed by atoms with Crippen LogP contribution in [-0.2, 0) is 24.4 Å². The summed E-state index contributed by atoms with van der Waals surface area (Å²) in [4.78, 5) is 38.0. The van der Waals surface area contributed by atoms with Gasteiger partial charge < -0.3 is 5.32 Å². The largest absolute Gasteiger partial charge is 0.350 e. The lowest BCUT2D eigenvalue weighted by atomic mass is 10.1. The summed E-state index contributed by atoms with van der Waals surface area (Å²) in [5.41, 5.74) is 1.25. The van der Waals surface area contributed by atoms with Gasteiger partial charge in [0.1, 0.15) is 12.4 Å². The summed E-state index contributed by atoms with van der Waals surface area (Å²) in [6, 6.07) is 11.0. The molecule has 1 amide bonds. The summed E-state index contributed by atoms with van der Waals surface area (Å²) in [5.74, 6) is -0.712. The number of aromatic nitrogens is 2. The van der Waals surface area contributed by atoms with E-state index in [4.69, 9.17) is 0 Å². The van der Waals surface area contributed by atoms with E-state index in [1.165, 1.54) is 21.3 Å². The molecule has 28 heavy (non-hydrogen) atoms. The second-order valence-electron chi connectivity index (χ2n) is 6.75. The summed E-state index contributed by atoms with van der Waals surface area (Å²) in [6.07, 6.45) is 0.628. The maximum atomic E-state index is 13.0. The molecule has 6 nitrogen and oxygen atoms in total. The van der Waals surface area contributed by atoms with Crippen LogP contribution in [0.5, 0.6) is 0 Å². The van der Waals surface area contributed by atoms with Gasteiger partial charge in [0.2, 0.25) is 5.91 Å². The molecule has 0 spiro atoms. The molecule has 1 N–H and O–H groups in total. The van der Waals surface area contributed by atoms with Gasteiger partial charge in [0.25, 0.3) is 5.56 Å². The molecule has 0 fully saturated rings. The molecule has 0 atom stereocenters. The van der Waals surface area contributed by atoms with Crippen LogP contribution < -0.4 is 16.6 Å². The Kier molecular flexibility index (Phi) is 5.73. The van der Waals surface area contributed by atoms with Crippen molar-refractivity contribution >= 4 is 16.8 Å². The molecule has 0 bridgehead atoms. The van der Waals surface area contributed by atoms with E-state index >= 15 is 0 Å². The van der Waals surface area contributed by atoms with Crippen molar-refractivity contribution in [2.24, 2.45) is 0 Å². The van der Waals surface area contributed by atoms with Crippen LogP contribution in [0.25, 0.3) is 10.9 Å². The summed E-state index contributed by atoms with van der Waals surface area (Å²) in [6.45, 7) is 4.06. The first-order chi connectivity index (χ1) is 13.4. The standard InChI is InChI=1S/C21H22FN3O3/c1-3-10-24-20(27)17-11-14(2)4-9-18(17)25(21(24)28)13-19(26)23-12-15-5-7-16(22)8-6-15/h4-9,11H,3,10,12-13H2,1-2H3,(H,23,26). The molecule has 0 unspecified atom stereocenters. The summed E-state index contributed by atoms with van der Waals surface area (Å²) in [7, 11) is 0. The van der Waals surface area contributed by atoms with E-state index < -0.39 is 5.69 Å². The van der Waals surface area contributed by atoms with E-state index in [1.54, 1.807) is 30.3 Å². The van der Waals surface area contributed by atoms with Gasteiger partial charge in [0.15, 0.2) is 0 Å². The Balaban J connectivity index is 1.93. The number of nitrogens with one attached hydrogen (secondary N) is 1. The number of hydrogen-bond acceptors (Lipinski definition) is 3. The number of rotatable bonds is 6. The highest BCUT2D eigenvalue weighted by molar-refractivity contribution is 5.82. The minimum atomic E-state index is -0.500. The van der Waals surface area contributed by atoms with Gasteiger partial charge in [-0.1, -0.05) is 30.7 Å². The average Bonchev–Trinajstić information content (AvgIpc) is 2.68. The first-order valence-corrected chi connectivity index (χ1v) is 9.16. The molecule has 7 heteroatoms. The normalized spacial score (nSPS) is 11.0. The first-order valence-electron chi connectivity index (χ1n) is 9.16. The number of nitrogens with zero attached hydrogens (tertiary/aromatic N) is 2. The zero-order valence-corrected chi connectivity index (χ0v) is 15.9. The fourth-order valence-electron chi connectivity index (χ4n) is 3.11. The molecular formula is C21H22FN3O3. The van der Waals surface area contributed by atoms with Crippen molar-refractivity contribution in [3.05, 3.63) is 80.2 Å². The van der Waals surface area contributed by atoms with E-state index in [2.05, 4.69) is 5.32 Å². The summed E-state index contributed by atoms with van der Waals surface area (Å²) in [5, 5.41) is 3.14. The second-order valence-corrected chi connectivity index (χ2v) is 6.75. The van der Waals surface area contributed by atoms with Crippen molar-refractivity contribution < 1.29 is 9.18 Å². The van der Waals surface area contributed by atoms with Gasteiger partial charge in [0, 0.05) is 13.1 Å². The van der Waals surface area contributed by atoms with E-state index in [0.717, 1.165) is 11.1 Å². The zero-order valence-electron chi connectivity index (χ0n) is 15.9. The predicted molar refractivity (Wildman–Crippen MR) is 106 cm³/mol. The third-order valence-electron chi connectivity index (χ3n) is 4.53. The topological polar surface area (TPSA) is 73.1 Å². The molecule has 3 rings (SSSR count). The highest BCUT2D eigenvalue weighted by atomic mass is 19.1. The van der Waals surface area contributed by atoms with Crippen LogP contribution in [0.15, 0.2) is 52.1 Å². The van der Waals surface area contributed by atoms with E-state index in [9.17, 15) is 18.8 Å². The number of hydrogen-bond donors (Lipinski definition) is 1. The van der Waals surface area contributed by atoms with Crippen molar-refractivity contribution in [2.45, 2.75) is 39.9 Å². The number of benzene rings is 2. The van der Waals surface area contributed by atoms with Crippen LogP contribution in [-0.4, -0.2) is 15.0 Å². The Bertz CT molecular complexity index is 1130. The van der Waals surface area contributed by atoms with Gasteiger partial charge in [-0.2, -0.15) is 0 Å². The monoisotopic (exact) mass is 383 g/mol. The average molecular weight is 383 g/mol. The number of aryl methyl sites for hydroxylation is 1. The van der Waals surface area contributed by atoms with Gasteiger partial charge in [-0.15, -0.1) is 0 Å². The van der Waals surface area contributed by atoms with Crippen LogP contribution in [0, 0.1) is 12.7 Å². The number of carbonyl (C=O) groups excluding carboxylic acids is 1. The Labute approximate surface area is 161 Å². The van der Waals surface area contributed by atoms with Crippen LogP contribution in [0.2, 0.25) is 0 Å². The molecule has 1 heterocycles. The van der Waals surface area contributed by atoms with Gasteiger partial charge >= 0.3 is 5.69 Å². The van der Waals surface area contributed by atoms with Gasteiger partial charge in [-0.3, -0.25) is 18.7 Å². The lowest BCUT2D eigenvalue weighted by Crippen LogP contribution is -2.42. The first kappa shape index (κ1) is 19.5. The third-order valence-corrected chi connectivity index (χ3v) is 4.53. The number of halogens is 1. The molecular weight excluding hydrogens is 361 g/mol. The predicted octanol–water partition coefficient (Wildman–Crippen LogP) is 2.34. The highest BCUT2D eigenvalue weighted by Gasteiger charge is 2.15. The van der Waals surface area contributed by atoms with Gasteiger partial charge in [-0.05, 0) is 43.2 Å². The van der Waals surface area contributed by atoms with Gasteiger partial charge in [-0.25, -0.2) is 9.18 Å². The Hall–Kier alpha value is -3.22. The van der Waals surface area contributed by atoms with Crippen molar-refractivity contribution in [3.63, 3.8) is 0 Å². The third kappa shape index (κ3) is 4.03. The molecule has 0 saturated carbocycles. The quantitative estimate of drug-likeness (QED) is 0.710. The molecule has 2 aromatic carbocycles.